The third kappa shape index (κ3) is 3.83. The summed E-state index contributed by atoms with van der Waals surface area (Å²) in [5.41, 5.74) is 8.43. The van der Waals surface area contributed by atoms with Crippen molar-refractivity contribution in [3.05, 3.63) is 53.2 Å². The third-order valence-corrected chi connectivity index (χ3v) is 6.05. The van der Waals surface area contributed by atoms with Crippen molar-refractivity contribution >= 4 is 5.91 Å². The highest BCUT2D eigenvalue weighted by molar-refractivity contribution is 5.92. The van der Waals surface area contributed by atoms with E-state index in [0.29, 0.717) is 17.5 Å². The first-order chi connectivity index (χ1) is 13.1. The van der Waals surface area contributed by atoms with Gasteiger partial charge in [0.05, 0.1) is 5.56 Å². The molecule has 1 heterocycles. The van der Waals surface area contributed by atoms with Crippen molar-refractivity contribution in [3.63, 3.8) is 0 Å². The molecule has 2 aliphatic rings. The molecule has 1 atom stereocenters. The van der Waals surface area contributed by atoms with Gasteiger partial charge in [0.25, 0.3) is 0 Å². The van der Waals surface area contributed by atoms with Gasteiger partial charge in [0.15, 0.2) is 0 Å². The van der Waals surface area contributed by atoms with E-state index >= 15 is 0 Å². The number of ether oxygens (including phenoxy) is 1. The molecule has 0 saturated heterocycles. The quantitative estimate of drug-likeness (QED) is 0.861. The maximum Gasteiger partial charge on any atom is 0.250 e. The molecule has 2 N–H and O–H groups in total. The van der Waals surface area contributed by atoms with E-state index in [-0.39, 0.29) is 0 Å². The van der Waals surface area contributed by atoms with E-state index in [1.54, 1.807) is 12.1 Å². The summed E-state index contributed by atoms with van der Waals surface area (Å²) >= 11 is 0. The number of hydrogen-bond acceptors (Lipinski definition) is 4. The summed E-state index contributed by atoms with van der Waals surface area (Å²) in [5, 5.41) is 0. The van der Waals surface area contributed by atoms with E-state index in [1.165, 1.54) is 55.8 Å². The number of nitrogens with zero attached hydrogens (tertiary/aromatic N) is 2. The molecular weight excluding hydrogens is 338 g/mol. The Morgan fingerprint density at radius 2 is 1.96 bits per heavy atom. The van der Waals surface area contributed by atoms with Crippen molar-refractivity contribution in [2.75, 3.05) is 7.05 Å². The summed E-state index contributed by atoms with van der Waals surface area (Å²) in [7, 11) is 2.30. The van der Waals surface area contributed by atoms with E-state index < -0.39 is 5.91 Å². The van der Waals surface area contributed by atoms with Gasteiger partial charge in [-0.25, -0.2) is 4.98 Å². The number of nitrogens with two attached hydrogens (primary N) is 1. The first kappa shape index (κ1) is 18.0. The zero-order chi connectivity index (χ0) is 18.8. The van der Waals surface area contributed by atoms with Crippen LogP contribution in [0.15, 0.2) is 36.5 Å². The average Bonchev–Trinajstić information content (AvgIpc) is 3.11. The summed E-state index contributed by atoms with van der Waals surface area (Å²) in [6.45, 7) is 0. The fraction of sp³-hybridized carbons (Fsp3) is 0.455. The Morgan fingerprint density at radius 1 is 1.15 bits per heavy atom. The number of fused-ring (bicyclic) bond motifs is 1. The molecule has 0 spiro atoms. The molecular formula is C22H27N3O2. The van der Waals surface area contributed by atoms with Crippen LogP contribution >= 0.6 is 0 Å². The molecule has 0 radical (unpaired) electrons. The number of aromatic nitrogens is 1. The molecule has 5 heteroatoms. The van der Waals surface area contributed by atoms with E-state index in [2.05, 4.69) is 29.1 Å². The van der Waals surface area contributed by atoms with Crippen LogP contribution in [0.2, 0.25) is 0 Å². The minimum Gasteiger partial charge on any atom is -0.439 e. The summed E-state index contributed by atoms with van der Waals surface area (Å²) in [6, 6.07) is 10.9. The number of primary amides is 1. The van der Waals surface area contributed by atoms with Crippen molar-refractivity contribution in [2.24, 2.45) is 5.73 Å². The van der Waals surface area contributed by atoms with Gasteiger partial charge in [-0.2, -0.15) is 0 Å². The lowest BCUT2D eigenvalue weighted by molar-refractivity contribution is 0.1000. The Kier molecular flexibility index (Phi) is 5.12. The monoisotopic (exact) mass is 365 g/mol. The maximum absolute atomic E-state index is 11.1. The second-order valence-electron chi connectivity index (χ2n) is 7.72. The molecule has 2 aliphatic carbocycles. The SMILES string of the molecule is CN(C1CCCCC1)C1CCc2cc(Oc3ccc(C(N)=O)cn3)ccc21. The molecule has 27 heavy (non-hydrogen) atoms. The fourth-order valence-corrected chi connectivity index (χ4v) is 4.51. The van der Waals surface area contributed by atoms with E-state index in [1.807, 2.05) is 6.07 Å². The first-order valence-corrected chi connectivity index (χ1v) is 9.90. The van der Waals surface area contributed by atoms with E-state index in [4.69, 9.17) is 10.5 Å². The van der Waals surface area contributed by atoms with Gasteiger partial charge in [0.2, 0.25) is 11.8 Å². The molecule has 0 aliphatic heterocycles. The molecule has 1 aromatic heterocycles. The number of carbonyl (C=O) groups excluding carboxylic acids is 1. The Labute approximate surface area is 160 Å². The lowest BCUT2D eigenvalue weighted by atomic mass is 9.92. The Hall–Kier alpha value is -2.40. The van der Waals surface area contributed by atoms with E-state index in [9.17, 15) is 4.79 Å². The predicted molar refractivity (Wildman–Crippen MR) is 105 cm³/mol. The highest BCUT2D eigenvalue weighted by Crippen LogP contribution is 2.40. The number of pyridine rings is 1. The van der Waals surface area contributed by atoms with Crippen LogP contribution in [0, 0.1) is 0 Å². The van der Waals surface area contributed by atoms with Crippen LogP contribution < -0.4 is 10.5 Å². The zero-order valence-corrected chi connectivity index (χ0v) is 15.9. The number of hydrogen-bond donors (Lipinski definition) is 1. The standard InChI is InChI=1S/C22H27N3O2/c1-25(17-5-3-2-4-6-17)20-11-7-15-13-18(9-10-19(15)20)27-21-12-8-16(14-24-21)22(23)26/h8-10,12-14,17,20H,2-7,11H2,1H3,(H2,23,26). The molecule has 1 saturated carbocycles. The summed E-state index contributed by atoms with van der Waals surface area (Å²) in [4.78, 5) is 17.9. The van der Waals surface area contributed by atoms with Gasteiger partial charge in [-0.3, -0.25) is 9.69 Å². The van der Waals surface area contributed by atoms with Gasteiger partial charge in [-0.15, -0.1) is 0 Å². The van der Waals surface area contributed by atoms with Crippen molar-refractivity contribution in [2.45, 2.75) is 57.0 Å². The third-order valence-electron chi connectivity index (χ3n) is 6.05. The Bertz CT molecular complexity index is 813. The van der Waals surface area contributed by atoms with Gasteiger partial charge < -0.3 is 10.5 Å². The number of aryl methyl sites for hydroxylation is 1. The Balaban J connectivity index is 1.47. The van der Waals surface area contributed by atoms with Crippen LogP contribution in [0.5, 0.6) is 11.6 Å². The fourth-order valence-electron chi connectivity index (χ4n) is 4.51. The second-order valence-corrected chi connectivity index (χ2v) is 7.72. The molecule has 1 fully saturated rings. The van der Waals surface area contributed by atoms with E-state index in [0.717, 1.165) is 18.2 Å². The summed E-state index contributed by atoms with van der Waals surface area (Å²) < 4.78 is 5.87. The van der Waals surface area contributed by atoms with Crippen LogP contribution in [0.25, 0.3) is 0 Å². The van der Waals surface area contributed by atoms with Crippen molar-refractivity contribution in [1.29, 1.82) is 0 Å². The van der Waals surface area contributed by atoms with Gasteiger partial charge in [-0.05, 0) is 62.1 Å². The van der Waals surface area contributed by atoms with Gasteiger partial charge in [0.1, 0.15) is 5.75 Å². The van der Waals surface area contributed by atoms with Gasteiger partial charge in [0, 0.05) is 24.3 Å². The number of amides is 1. The summed E-state index contributed by atoms with van der Waals surface area (Å²) in [5.74, 6) is 0.766. The smallest absolute Gasteiger partial charge is 0.250 e. The lowest BCUT2D eigenvalue weighted by Crippen LogP contribution is -2.35. The normalized spacial score (nSPS) is 19.9. The molecule has 4 rings (SSSR count). The molecule has 1 unspecified atom stereocenters. The van der Waals surface area contributed by atoms with Crippen molar-refractivity contribution < 1.29 is 9.53 Å². The van der Waals surface area contributed by atoms with Crippen LogP contribution in [0.1, 0.15) is 66.1 Å². The molecule has 0 bridgehead atoms. The van der Waals surface area contributed by atoms with Crippen LogP contribution in [-0.4, -0.2) is 28.9 Å². The van der Waals surface area contributed by atoms with Gasteiger partial charge in [-0.1, -0.05) is 25.3 Å². The van der Waals surface area contributed by atoms with Crippen molar-refractivity contribution in [3.8, 4) is 11.6 Å². The van der Waals surface area contributed by atoms with Crippen LogP contribution in [-0.2, 0) is 6.42 Å². The second kappa shape index (κ2) is 7.69. The zero-order valence-electron chi connectivity index (χ0n) is 15.9. The minimum absolute atomic E-state index is 0.380. The van der Waals surface area contributed by atoms with Gasteiger partial charge >= 0.3 is 0 Å². The highest BCUT2D eigenvalue weighted by atomic mass is 16.5. The average molecular weight is 365 g/mol. The van der Waals surface area contributed by atoms with Crippen LogP contribution in [0.4, 0.5) is 0 Å². The molecule has 1 amide bonds. The molecule has 2 aromatic rings. The molecule has 5 nitrogen and oxygen atoms in total. The van der Waals surface area contributed by atoms with Crippen molar-refractivity contribution in [1.82, 2.24) is 9.88 Å². The lowest BCUT2D eigenvalue weighted by Gasteiger charge is -2.36. The number of carbonyl (C=O) groups is 1. The molecule has 1 aromatic carbocycles. The maximum atomic E-state index is 11.1. The molecule has 142 valence electrons. The topological polar surface area (TPSA) is 68.5 Å². The van der Waals surface area contributed by atoms with Crippen LogP contribution in [0.3, 0.4) is 0 Å². The summed E-state index contributed by atoms with van der Waals surface area (Å²) in [6.07, 6.45) is 10.5. The first-order valence-electron chi connectivity index (χ1n) is 9.90. The predicted octanol–water partition coefficient (Wildman–Crippen LogP) is 4.22. The highest BCUT2D eigenvalue weighted by Gasteiger charge is 2.30. The minimum atomic E-state index is -0.486. The Morgan fingerprint density at radius 3 is 2.67 bits per heavy atom. The number of rotatable bonds is 5. The largest absolute Gasteiger partial charge is 0.439 e. The number of benzene rings is 1.